The molecule has 2 amide bonds. The van der Waals surface area contributed by atoms with Crippen LogP contribution >= 0.6 is 0 Å². The molecule has 0 unspecified atom stereocenters. The minimum atomic E-state index is -1.08. The Morgan fingerprint density at radius 2 is 1.83 bits per heavy atom. The number of carboxylic acids is 1. The number of aliphatic carboxylic acids is 1. The first-order valence-corrected chi connectivity index (χ1v) is 4.86. The third kappa shape index (κ3) is 4.81. The van der Waals surface area contributed by atoms with E-state index >= 15 is 0 Å². The summed E-state index contributed by atoms with van der Waals surface area (Å²) in [6.07, 6.45) is 8.35. The first kappa shape index (κ1) is 16.5. The number of rotatable bonds is 1. The van der Waals surface area contributed by atoms with Crippen molar-refractivity contribution in [1.29, 1.82) is 0 Å². The molecule has 0 bridgehead atoms. The molecular weight excluding hydrogens is 423 g/mol. The molecule has 89 valence electrons. The molecule has 1 heterocycles. The summed E-state index contributed by atoms with van der Waals surface area (Å²) in [6, 6.07) is 0. The van der Waals surface area contributed by atoms with Gasteiger partial charge in [-0.2, -0.15) is 0 Å². The number of nitrogens with zero attached hydrogens (tertiary/aromatic N) is 1. The van der Waals surface area contributed by atoms with Crippen molar-refractivity contribution in [3.63, 3.8) is 0 Å². The van der Waals surface area contributed by atoms with Crippen molar-refractivity contribution >= 4 is 17.8 Å². The average molecular weight is 433 g/mol. The molecule has 5 nitrogen and oxygen atoms in total. The second kappa shape index (κ2) is 7.79. The summed E-state index contributed by atoms with van der Waals surface area (Å²) in [5.74, 6) is -1.61. The number of hydrogen-bond acceptors (Lipinski definition) is 4. The van der Waals surface area contributed by atoms with Gasteiger partial charge < -0.3 is 9.90 Å². The van der Waals surface area contributed by atoms with E-state index < -0.39 is 5.97 Å². The van der Waals surface area contributed by atoms with Gasteiger partial charge in [-0.15, -0.1) is 5.73 Å². The van der Waals surface area contributed by atoms with Crippen LogP contribution in [0.15, 0.2) is 41.8 Å². The average Bonchev–Trinajstić information content (AvgIpc) is 2.59. The van der Waals surface area contributed by atoms with Crippen LogP contribution in [0.2, 0.25) is 0 Å². The molecule has 0 aromatic heterocycles. The van der Waals surface area contributed by atoms with Crippen LogP contribution in [0.1, 0.15) is 13.3 Å². The van der Waals surface area contributed by atoms with Gasteiger partial charge in [-0.25, -0.2) is 4.90 Å². The SMILES string of the molecule is CC(=O)[O-].O=C1C=CC(=O)N1C1=CC=C=CC1.[Hg+]. The molecule has 1 radical (unpaired) electrons. The molecule has 1 aliphatic carbocycles. The molecule has 2 aliphatic rings. The van der Waals surface area contributed by atoms with Crippen LogP contribution in [0, 0.1) is 0 Å². The fourth-order valence-electron chi connectivity index (χ4n) is 1.29. The Morgan fingerprint density at radius 1 is 1.33 bits per heavy atom. The Hall–Kier alpha value is -1.45. The summed E-state index contributed by atoms with van der Waals surface area (Å²) in [5.41, 5.74) is 3.58. The zero-order chi connectivity index (χ0) is 12.8. The number of carbonyl (C=O) groups is 3. The van der Waals surface area contributed by atoms with Gasteiger partial charge in [-0.05, 0) is 25.2 Å². The van der Waals surface area contributed by atoms with E-state index in [1.165, 1.54) is 17.1 Å². The number of amides is 2. The Bertz CT molecular complexity index is 462. The zero-order valence-corrected chi connectivity index (χ0v) is 15.4. The van der Waals surface area contributed by atoms with Crippen LogP contribution in [-0.2, 0) is 42.1 Å². The second-order valence-corrected chi connectivity index (χ2v) is 3.24. The van der Waals surface area contributed by atoms with Crippen molar-refractivity contribution in [3.8, 4) is 0 Å². The molecule has 1 aliphatic heterocycles. The molecule has 0 saturated carbocycles. The van der Waals surface area contributed by atoms with Crippen LogP contribution < -0.4 is 5.11 Å². The third-order valence-corrected chi connectivity index (χ3v) is 1.90. The second-order valence-electron chi connectivity index (χ2n) is 3.24. The quantitative estimate of drug-likeness (QED) is 0.323. The smallest absolute Gasteiger partial charge is 0.550 e. The van der Waals surface area contributed by atoms with Gasteiger partial charge in [0.05, 0.1) is 0 Å². The number of hydrogen-bond donors (Lipinski definition) is 0. The number of allylic oxidation sites excluding steroid dienone is 2. The Kier molecular flexibility index (Phi) is 7.16. The predicted octanol–water partition coefficient (Wildman–Crippen LogP) is -0.336. The van der Waals surface area contributed by atoms with Crippen molar-refractivity contribution in [1.82, 2.24) is 4.90 Å². The molecule has 0 N–H and O–H groups in total. The fourth-order valence-corrected chi connectivity index (χ4v) is 1.29. The van der Waals surface area contributed by atoms with Gasteiger partial charge in [-0.3, -0.25) is 9.59 Å². The van der Waals surface area contributed by atoms with Crippen LogP contribution in [0.25, 0.3) is 0 Å². The Labute approximate surface area is 125 Å². The van der Waals surface area contributed by atoms with E-state index in [1.54, 1.807) is 18.2 Å². The minimum absolute atomic E-state index is 0. The molecule has 2 rings (SSSR count). The van der Waals surface area contributed by atoms with Crippen LogP contribution in [-0.4, -0.2) is 22.7 Å². The largest absolute Gasteiger partial charge is 1.00 e. The number of imide groups is 1. The first-order valence-electron chi connectivity index (χ1n) is 4.86. The molecule has 6 heteroatoms. The minimum Gasteiger partial charge on any atom is -0.550 e. The normalized spacial score (nSPS) is 15.8. The maximum Gasteiger partial charge on any atom is 1.00 e. The van der Waals surface area contributed by atoms with Gasteiger partial charge in [0, 0.05) is 30.2 Å². The summed E-state index contributed by atoms with van der Waals surface area (Å²) in [6.45, 7) is 0.972. The third-order valence-electron chi connectivity index (χ3n) is 1.90. The maximum absolute atomic E-state index is 11.2. The van der Waals surface area contributed by atoms with E-state index in [2.05, 4.69) is 5.73 Å². The van der Waals surface area contributed by atoms with Crippen molar-refractivity contribution in [2.45, 2.75) is 13.3 Å². The summed E-state index contributed by atoms with van der Waals surface area (Å²) in [7, 11) is 0. The summed E-state index contributed by atoms with van der Waals surface area (Å²) in [5, 5.41) is 8.89. The topological polar surface area (TPSA) is 77.5 Å². The van der Waals surface area contributed by atoms with Crippen molar-refractivity contribution in [2.24, 2.45) is 0 Å². The Balaban J connectivity index is 0.000000512. The monoisotopic (exact) mass is 434 g/mol. The van der Waals surface area contributed by atoms with E-state index in [1.807, 2.05) is 0 Å². The number of carboxylic acid groups (broad SMARTS) is 1. The molecule has 0 spiro atoms. The van der Waals surface area contributed by atoms with Gasteiger partial charge in [0.25, 0.3) is 11.8 Å². The number of carbonyl (C=O) groups excluding carboxylic acids is 3. The summed E-state index contributed by atoms with van der Waals surface area (Å²) < 4.78 is 0. The van der Waals surface area contributed by atoms with E-state index in [-0.39, 0.29) is 39.5 Å². The van der Waals surface area contributed by atoms with E-state index in [9.17, 15) is 9.59 Å². The predicted molar refractivity (Wildman–Crippen MR) is 57.0 cm³/mol. The zero-order valence-electron chi connectivity index (χ0n) is 9.88. The maximum atomic E-state index is 11.2. The van der Waals surface area contributed by atoms with Gasteiger partial charge in [-0.1, -0.05) is 0 Å². The van der Waals surface area contributed by atoms with Crippen LogP contribution in [0.3, 0.4) is 0 Å². The van der Waals surface area contributed by atoms with Gasteiger partial charge in [0.15, 0.2) is 0 Å². The first-order chi connectivity index (χ1) is 8.02. The molecular formula is C12H10HgNO4. The summed E-state index contributed by atoms with van der Waals surface area (Å²) >= 11 is 0. The summed E-state index contributed by atoms with van der Waals surface area (Å²) in [4.78, 5) is 32.5. The van der Waals surface area contributed by atoms with Crippen LogP contribution in [0.5, 0.6) is 0 Å². The molecule has 0 fully saturated rings. The molecule has 0 aromatic rings. The van der Waals surface area contributed by atoms with Crippen molar-refractivity contribution in [3.05, 3.63) is 41.8 Å². The molecule has 0 aromatic carbocycles. The molecule has 18 heavy (non-hydrogen) atoms. The van der Waals surface area contributed by atoms with Crippen LogP contribution in [0.4, 0.5) is 0 Å². The van der Waals surface area contributed by atoms with Gasteiger partial charge >= 0.3 is 27.7 Å². The van der Waals surface area contributed by atoms with E-state index in [0.717, 1.165) is 6.92 Å². The molecule has 0 saturated heterocycles. The van der Waals surface area contributed by atoms with Crippen molar-refractivity contribution in [2.75, 3.05) is 0 Å². The standard InChI is InChI=1S/C10H7NO2.C2H4O2.Hg/c12-9-6-7-10(13)11(9)8-4-2-1-3-5-8;1-2(3)4;/h2-4,6-7H,5H2;1H3,(H,3,4);/q;;+1/p-1. The van der Waals surface area contributed by atoms with Gasteiger partial charge in [0.1, 0.15) is 0 Å². The molecule has 0 atom stereocenters. The van der Waals surface area contributed by atoms with Crippen molar-refractivity contribution < 1.29 is 47.2 Å². The van der Waals surface area contributed by atoms with Gasteiger partial charge in [0.2, 0.25) is 0 Å². The van der Waals surface area contributed by atoms with E-state index in [0.29, 0.717) is 12.1 Å². The van der Waals surface area contributed by atoms with E-state index in [4.69, 9.17) is 9.90 Å². The fraction of sp³-hybridized carbons (Fsp3) is 0.167. The Morgan fingerprint density at radius 3 is 2.22 bits per heavy atom.